The van der Waals surface area contributed by atoms with Crippen molar-refractivity contribution < 1.29 is 32.9 Å². The number of carbonyl (C=O) groups is 1. The first-order valence-electron chi connectivity index (χ1n) is 27.2. The Bertz CT molecular complexity index is 1240. The maximum absolute atomic E-state index is 12.9. The first-order chi connectivity index (χ1) is 31.5. The first kappa shape index (κ1) is 63.2. The number of aliphatic hydroxyl groups excluding tert-OH is 1. The highest BCUT2D eigenvalue weighted by Crippen LogP contribution is 2.38. The second-order valence-electron chi connectivity index (χ2n) is 19.6. The molecule has 1 amide bonds. The number of hydrogen-bond acceptors (Lipinski definition) is 6. The Morgan fingerprint density at radius 1 is 0.538 bits per heavy atom. The van der Waals surface area contributed by atoms with Crippen molar-refractivity contribution in [3.05, 3.63) is 60.8 Å². The maximum Gasteiger partial charge on any atom is 0.268 e. The van der Waals surface area contributed by atoms with E-state index in [0.717, 1.165) is 51.4 Å². The molecule has 0 fully saturated rings. The fourth-order valence-corrected chi connectivity index (χ4v) is 8.35. The highest BCUT2D eigenvalue weighted by Gasteiger charge is 2.23. The zero-order valence-corrected chi connectivity index (χ0v) is 44.1. The Kier molecular flexibility index (Phi) is 46.0. The molecule has 0 aliphatic carbocycles. The number of allylic oxidation sites excluding steroid dienone is 9. The third-order valence-corrected chi connectivity index (χ3v) is 12.9. The summed E-state index contributed by atoms with van der Waals surface area (Å²) in [5, 5.41) is 13.8. The van der Waals surface area contributed by atoms with Gasteiger partial charge in [-0.1, -0.05) is 216 Å². The lowest BCUT2D eigenvalue weighted by Gasteiger charge is -2.29. The van der Waals surface area contributed by atoms with Gasteiger partial charge in [-0.25, -0.2) is 0 Å². The van der Waals surface area contributed by atoms with E-state index in [1.54, 1.807) is 6.08 Å². The van der Waals surface area contributed by atoms with E-state index in [1.165, 1.54) is 167 Å². The summed E-state index contributed by atoms with van der Waals surface area (Å²) in [7, 11) is 1.23. The van der Waals surface area contributed by atoms with Crippen molar-refractivity contribution in [2.24, 2.45) is 0 Å². The molecule has 2 N–H and O–H groups in total. The second-order valence-corrected chi connectivity index (χ2v) is 21.0. The summed E-state index contributed by atoms with van der Waals surface area (Å²) in [5.74, 6) is -0.216. The molecule has 0 aliphatic rings. The van der Waals surface area contributed by atoms with Crippen LogP contribution < -0.4 is 10.2 Å². The average molecular weight is 933 g/mol. The molecule has 0 aromatic carbocycles. The Labute approximate surface area is 402 Å². The van der Waals surface area contributed by atoms with Gasteiger partial charge in [-0.15, -0.1) is 0 Å². The van der Waals surface area contributed by atoms with Gasteiger partial charge in [-0.05, 0) is 77.0 Å². The molecule has 0 spiro atoms. The number of quaternary nitrogens is 1. The summed E-state index contributed by atoms with van der Waals surface area (Å²) in [6, 6.07) is -0.914. The highest BCUT2D eigenvalue weighted by atomic mass is 31.2. The van der Waals surface area contributed by atoms with Gasteiger partial charge in [-0.2, -0.15) is 0 Å². The number of rotatable bonds is 49. The number of aliphatic hydroxyl groups is 1. The van der Waals surface area contributed by atoms with Gasteiger partial charge in [0.1, 0.15) is 13.2 Å². The van der Waals surface area contributed by atoms with Crippen LogP contribution in [0.15, 0.2) is 60.8 Å². The maximum atomic E-state index is 12.9. The number of hydrogen-bond donors (Lipinski definition) is 2. The zero-order valence-electron chi connectivity index (χ0n) is 43.2. The summed E-state index contributed by atoms with van der Waals surface area (Å²) >= 11 is 0. The predicted octanol–water partition coefficient (Wildman–Crippen LogP) is 15.5. The van der Waals surface area contributed by atoms with Crippen LogP contribution in [-0.2, 0) is 18.4 Å². The Morgan fingerprint density at radius 2 is 0.908 bits per heavy atom. The third kappa shape index (κ3) is 49.9. The van der Waals surface area contributed by atoms with Crippen LogP contribution in [0.5, 0.6) is 0 Å². The number of likely N-dealkylation sites (N-methyl/N-ethyl adjacent to an activating group) is 1. The molecule has 0 aliphatic heterocycles. The number of unbranched alkanes of at least 4 members (excludes halogenated alkanes) is 28. The van der Waals surface area contributed by atoms with Crippen molar-refractivity contribution >= 4 is 13.7 Å². The van der Waals surface area contributed by atoms with Gasteiger partial charge < -0.3 is 28.8 Å². The van der Waals surface area contributed by atoms with E-state index in [0.29, 0.717) is 17.4 Å². The number of nitrogens with one attached hydrogen (secondary N) is 1. The minimum atomic E-state index is -4.61. The van der Waals surface area contributed by atoms with Crippen LogP contribution in [0.3, 0.4) is 0 Å². The average Bonchev–Trinajstić information content (AvgIpc) is 3.26. The molecule has 0 aromatic heterocycles. The standard InChI is InChI=1S/C56H105N2O6P/c1-6-8-10-12-14-16-18-20-22-24-26-28-30-31-33-35-37-39-41-43-45-47-49-55(59)54(53-64-65(61,62)63-52-51-58(3,4)5)57-56(60)50-48-46-44-42-40-38-36-34-32-29-27-25-23-21-19-17-15-13-11-9-7-2/h19,21,25,27,31,33,39,41,47,49,54-55,59H,6-18,20,22-24,26,28-30,32,34-38,40,42-46,48,50-53H2,1-5H3,(H-,57,60,61,62)/b21-19-,27-25-,33-31+,41-39+,49-47+. The molecule has 0 saturated heterocycles. The van der Waals surface area contributed by atoms with Crippen molar-refractivity contribution in [1.82, 2.24) is 5.32 Å². The van der Waals surface area contributed by atoms with Crippen LogP contribution >= 0.6 is 7.82 Å². The van der Waals surface area contributed by atoms with E-state index < -0.39 is 26.6 Å². The van der Waals surface area contributed by atoms with Crippen LogP contribution in [0.4, 0.5) is 0 Å². The monoisotopic (exact) mass is 933 g/mol. The number of amides is 1. The number of carbonyl (C=O) groups excluding carboxylic acids is 1. The van der Waals surface area contributed by atoms with Gasteiger partial charge >= 0.3 is 0 Å². The van der Waals surface area contributed by atoms with Gasteiger partial charge in [0.15, 0.2) is 0 Å². The lowest BCUT2D eigenvalue weighted by Crippen LogP contribution is -2.45. The smallest absolute Gasteiger partial charge is 0.268 e. The molecular formula is C56H105N2O6P. The summed E-state index contributed by atoms with van der Waals surface area (Å²) in [6.07, 6.45) is 62.9. The topological polar surface area (TPSA) is 108 Å². The summed E-state index contributed by atoms with van der Waals surface area (Å²) in [6.45, 7) is 4.62. The number of phosphoric acid groups is 1. The lowest BCUT2D eigenvalue weighted by atomic mass is 10.0. The first-order valence-corrected chi connectivity index (χ1v) is 28.6. The molecule has 65 heavy (non-hydrogen) atoms. The summed E-state index contributed by atoms with van der Waals surface area (Å²) < 4.78 is 23.3. The fraction of sp³-hybridized carbons (Fsp3) is 0.804. The van der Waals surface area contributed by atoms with Crippen molar-refractivity contribution in [2.45, 2.75) is 251 Å². The van der Waals surface area contributed by atoms with Crippen LogP contribution in [0, 0.1) is 0 Å². The molecule has 0 saturated carbocycles. The van der Waals surface area contributed by atoms with E-state index >= 15 is 0 Å². The lowest BCUT2D eigenvalue weighted by molar-refractivity contribution is -0.870. The SMILES string of the molecule is CCCCCCC/C=C\C/C=C\CCCCCCCCCCCC(=O)NC(COP(=O)([O-])OCC[N+](C)(C)C)C(O)/C=C/CC/C=C/CC/C=C/CCCCCCCCCCCCCC. The molecule has 9 heteroatoms. The molecule has 0 bridgehead atoms. The van der Waals surface area contributed by atoms with Gasteiger partial charge in [0.2, 0.25) is 5.91 Å². The van der Waals surface area contributed by atoms with Gasteiger partial charge in [0.05, 0.1) is 39.9 Å². The van der Waals surface area contributed by atoms with Crippen molar-refractivity contribution in [3.63, 3.8) is 0 Å². The van der Waals surface area contributed by atoms with Crippen molar-refractivity contribution in [1.29, 1.82) is 0 Å². The quantitative estimate of drug-likeness (QED) is 0.0272. The largest absolute Gasteiger partial charge is 0.756 e. The molecule has 3 unspecified atom stereocenters. The van der Waals surface area contributed by atoms with Crippen LogP contribution in [0.1, 0.15) is 239 Å². The van der Waals surface area contributed by atoms with Gasteiger partial charge in [-0.3, -0.25) is 9.36 Å². The molecular weight excluding hydrogens is 828 g/mol. The molecule has 0 heterocycles. The number of nitrogens with zero attached hydrogens (tertiary/aromatic N) is 1. The normalized spacial score (nSPS) is 14.5. The second kappa shape index (κ2) is 47.3. The van der Waals surface area contributed by atoms with Crippen LogP contribution in [0.25, 0.3) is 0 Å². The number of phosphoric ester groups is 1. The van der Waals surface area contributed by atoms with E-state index in [-0.39, 0.29) is 12.5 Å². The summed E-state index contributed by atoms with van der Waals surface area (Å²) in [4.78, 5) is 25.4. The Balaban J connectivity index is 4.36. The molecule has 0 aromatic rings. The molecule has 3 atom stereocenters. The van der Waals surface area contributed by atoms with E-state index in [1.807, 2.05) is 27.2 Å². The summed E-state index contributed by atoms with van der Waals surface area (Å²) in [5.41, 5.74) is 0. The van der Waals surface area contributed by atoms with E-state index in [2.05, 4.69) is 67.8 Å². The Hall–Kier alpha value is -1.80. The van der Waals surface area contributed by atoms with Crippen LogP contribution in [0.2, 0.25) is 0 Å². The minimum Gasteiger partial charge on any atom is -0.756 e. The van der Waals surface area contributed by atoms with Crippen molar-refractivity contribution in [2.75, 3.05) is 40.9 Å². The third-order valence-electron chi connectivity index (χ3n) is 11.9. The fourth-order valence-electron chi connectivity index (χ4n) is 7.63. The predicted molar refractivity (Wildman–Crippen MR) is 279 cm³/mol. The van der Waals surface area contributed by atoms with Gasteiger partial charge in [0, 0.05) is 6.42 Å². The molecule has 0 rings (SSSR count). The molecule has 8 nitrogen and oxygen atoms in total. The van der Waals surface area contributed by atoms with E-state index in [9.17, 15) is 19.4 Å². The van der Waals surface area contributed by atoms with E-state index in [4.69, 9.17) is 9.05 Å². The highest BCUT2D eigenvalue weighted by molar-refractivity contribution is 7.45. The molecule has 0 radical (unpaired) electrons. The van der Waals surface area contributed by atoms with Crippen LogP contribution in [-0.4, -0.2) is 68.5 Å². The van der Waals surface area contributed by atoms with Gasteiger partial charge in [0.25, 0.3) is 7.82 Å². The Morgan fingerprint density at radius 3 is 1.34 bits per heavy atom. The minimum absolute atomic E-state index is 0.0116. The molecule has 380 valence electrons. The zero-order chi connectivity index (χ0) is 47.8. The van der Waals surface area contributed by atoms with Crippen molar-refractivity contribution in [3.8, 4) is 0 Å².